The van der Waals surface area contributed by atoms with Crippen LogP contribution in [0.5, 0.6) is 0 Å². The summed E-state index contributed by atoms with van der Waals surface area (Å²) in [5, 5.41) is 0. The Morgan fingerprint density at radius 2 is 2.33 bits per heavy atom. The van der Waals surface area contributed by atoms with Crippen molar-refractivity contribution in [3.05, 3.63) is 23.9 Å². The van der Waals surface area contributed by atoms with Gasteiger partial charge in [0.05, 0.1) is 6.61 Å². The molecule has 100 valence electrons. The van der Waals surface area contributed by atoms with Crippen LogP contribution in [-0.4, -0.2) is 38.3 Å². The van der Waals surface area contributed by atoms with Gasteiger partial charge in [-0.1, -0.05) is 6.07 Å². The molecule has 0 saturated heterocycles. The van der Waals surface area contributed by atoms with E-state index in [4.69, 9.17) is 10.5 Å². The third kappa shape index (κ3) is 3.96. The first-order valence-corrected chi connectivity index (χ1v) is 6.74. The minimum Gasteiger partial charge on any atom is -0.379 e. The van der Waals surface area contributed by atoms with E-state index >= 15 is 0 Å². The second kappa shape index (κ2) is 6.71. The van der Waals surface area contributed by atoms with E-state index in [2.05, 4.69) is 23.0 Å². The van der Waals surface area contributed by atoms with E-state index in [-0.39, 0.29) is 0 Å². The molecule has 0 radical (unpaired) electrons. The van der Waals surface area contributed by atoms with E-state index in [1.165, 1.54) is 18.4 Å². The van der Waals surface area contributed by atoms with Gasteiger partial charge >= 0.3 is 0 Å². The number of anilines is 1. The topological polar surface area (TPSA) is 51.4 Å². The SMILES string of the molecule is CN(CCOCC1CC1)c1ncccc1CCN. The van der Waals surface area contributed by atoms with E-state index in [1.54, 1.807) is 0 Å². The first kappa shape index (κ1) is 13.3. The molecular formula is C14H23N3O. The number of likely N-dealkylation sites (N-methyl/N-ethyl adjacent to an activating group) is 1. The van der Waals surface area contributed by atoms with Gasteiger partial charge in [-0.25, -0.2) is 4.98 Å². The average Bonchev–Trinajstić information content (AvgIpc) is 3.19. The Balaban J connectivity index is 1.80. The Bertz CT molecular complexity index is 366. The van der Waals surface area contributed by atoms with E-state index in [1.807, 2.05) is 12.3 Å². The van der Waals surface area contributed by atoms with Crippen LogP contribution in [-0.2, 0) is 11.2 Å². The monoisotopic (exact) mass is 249 g/mol. The van der Waals surface area contributed by atoms with E-state index in [0.717, 1.165) is 37.9 Å². The third-order valence-corrected chi connectivity index (χ3v) is 3.26. The maximum atomic E-state index is 5.66. The molecule has 1 aliphatic carbocycles. The molecule has 2 rings (SSSR count). The van der Waals surface area contributed by atoms with Gasteiger partial charge in [0.1, 0.15) is 5.82 Å². The van der Waals surface area contributed by atoms with Gasteiger partial charge in [0.2, 0.25) is 0 Å². The number of nitrogens with two attached hydrogens (primary N) is 1. The van der Waals surface area contributed by atoms with Gasteiger partial charge in [0.15, 0.2) is 0 Å². The Labute approximate surface area is 109 Å². The van der Waals surface area contributed by atoms with Crippen LogP contribution in [0.1, 0.15) is 18.4 Å². The molecular weight excluding hydrogens is 226 g/mol. The predicted octanol–water partition coefficient (Wildman–Crippen LogP) is 1.45. The Hall–Kier alpha value is -1.13. The number of hydrogen-bond acceptors (Lipinski definition) is 4. The summed E-state index contributed by atoms with van der Waals surface area (Å²) in [5.74, 6) is 1.86. The molecule has 4 nitrogen and oxygen atoms in total. The summed E-state index contributed by atoms with van der Waals surface area (Å²) >= 11 is 0. The molecule has 0 unspecified atom stereocenters. The third-order valence-electron chi connectivity index (χ3n) is 3.26. The van der Waals surface area contributed by atoms with Crippen molar-refractivity contribution in [3.8, 4) is 0 Å². The van der Waals surface area contributed by atoms with Crippen molar-refractivity contribution in [2.24, 2.45) is 11.7 Å². The summed E-state index contributed by atoms with van der Waals surface area (Å²) in [6.45, 7) is 3.23. The van der Waals surface area contributed by atoms with Gasteiger partial charge in [0.25, 0.3) is 0 Å². The quantitative estimate of drug-likeness (QED) is 0.708. The Morgan fingerprint density at radius 1 is 1.50 bits per heavy atom. The second-order valence-electron chi connectivity index (χ2n) is 4.96. The Morgan fingerprint density at radius 3 is 3.06 bits per heavy atom. The van der Waals surface area contributed by atoms with Crippen LogP contribution >= 0.6 is 0 Å². The zero-order chi connectivity index (χ0) is 12.8. The highest BCUT2D eigenvalue weighted by Crippen LogP contribution is 2.28. The normalized spacial score (nSPS) is 14.8. The van der Waals surface area contributed by atoms with E-state index < -0.39 is 0 Å². The van der Waals surface area contributed by atoms with Crippen molar-refractivity contribution < 1.29 is 4.74 Å². The molecule has 1 aromatic heterocycles. The van der Waals surface area contributed by atoms with E-state index in [0.29, 0.717) is 6.54 Å². The number of nitrogens with zero attached hydrogens (tertiary/aromatic N) is 2. The zero-order valence-electron chi connectivity index (χ0n) is 11.1. The number of hydrogen-bond donors (Lipinski definition) is 1. The largest absolute Gasteiger partial charge is 0.379 e. The molecule has 1 saturated carbocycles. The fourth-order valence-electron chi connectivity index (χ4n) is 1.97. The molecule has 0 atom stereocenters. The predicted molar refractivity (Wildman–Crippen MR) is 73.8 cm³/mol. The molecule has 1 aliphatic rings. The van der Waals surface area contributed by atoms with Crippen LogP contribution in [0, 0.1) is 5.92 Å². The lowest BCUT2D eigenvalue weighted by Crippen LogP contribution is -2.25. The molecule has 2 N–H and O–H groups in total. The molecule has 1 heterocycles. The smallest absolute Gasteiger partial charge is 0.131 e. The number of ether oxygens (including phenoxy) is 1. The number of aromatic nitrogens is 1. The summed E-state index contributed by atoms with van der Waals surface area (Å²) in [5.41, 5.74) is 6.83. The summed E-state index contributed by atoms with van der Waals surface area (Å²) in [4.78, 5) is 6.59. The lowest BCUT2D eigenvalue weighted by Gasteiger charge is -2.20. The first-order valence-electron chi connectivity index (χ1n) is 6.74. The highest BCUT2D eigenvalue weighted by Gasteiger charge is 2.21. The van der Waals surface area contributed by atoms with Crippen LogP contribution in [0.4, 0.5) is 5.82 Å². The molecule has 0 aromatic carbocycles. The highest BCUT2D eigenvalue weighted by atomic mass is 16.5. The minimum absolute atomic E-state index is 0.657. The van der Waals surface area contributed by atoms with Gasteiger partial charge in [-0.3, -0.25) is 0 Å². The van der Waals surface area contributed by atoms with Gasteiger partial charge < -0.3 is 15.4 Å². The van der Waals surface area contributed by atoms with Gasteiger partial charge in [-0.2, -0.15) is 0 Å². The molecule has 1 aromatic rings. The summed E-state index contributed by atoms with van der Waals surface area (Å²) in [6, 6.07) is 4.06. The van der Waals surface area contributed by atoms with Gasteiger partial charge in [0, 0.05) is 26.4 Å². The minimum atomic E-state index is 0.657. The molecule has 1 fully saturated rings. The fourth-order valence-corrected chi connectivity index (χ4v) is 1.97. The fraction of sp³-hybridized carbons (Fsp3) is 0.643. The molecule has 0 bridgehead atoms. The summed E-state index contributed by atoms with van der Waals surface area (Å²) in [6.07, 6.45) is 5.39. The maximum Gasteiger partial charge on any atom is 0.131 e. The molecule has 0 aliphatic heterocycles. The Kier molecular flexibility index (Phi) is 4.96. The highest BCUT2D eigenvalue weighted by molar-refractivity contribution is 5.46. The van der Waals surface area contributed by atoms with Gasteiger partial charge in [-0.05, 0) is 43.4 Å². The summed E-state index contributed by atoms with van der Waals surface area (Å²) in [7, 11) is 2.06. The first-order chi connectivity index (χ1) is 8.81. The van der Waals surface area contributed by atoms with Gasteiger partial charge in [-0.15, -0.1) is 0 Å². The van der Waals surface area contributed by atoms with Crippen molar-refractivity contribution >= 4 is 5.82 Å². The summed E-state index contributed by atoms with van der Waals surface area (Å²) < 4.78 is 5.66. The van der Waals surface area contributed by atoms with Crippen molar-refractivity contribution in [3.63, 3.8) is 0 Å². The number of rotatable bonds is 8. The van der Waals surface area contributed by atoms with E-state index in [9.17, 15) is 0 Å². The number of pyridine rings is 1. The molecule has 0 spiro atoms. The standard InChI is InChI=1S/C14H23N3O/c1-17(9-10-18-11-12-4-5-12)14-13(6-7-15)3-2-8-16-14/h2-3,8,12H,4-7,9-11,15H2,1H3. The van der Waals surface area contributed by atoms with Crippen molar-refractivity contribution in [1.29, 1.82) is 0 Å². The van der Waals surface area contributed by atoms with Crippen LogP contribution < -0.4 is 10.6 Å². The molecule has 0 amide bonds. The van der Waals surface area contributed by atoms with Crippen molar-refractivity contribution in [1.82, 2.24) is 4.98 Å². The van der Waals surface area contributed by atoms with Crippen molar-refractivity contribution in [2.75, 3.05) is 38.3 Å². The second-order valence-corrected chi connectivity index (χ2v) is 4.96. The molecule has 4 heteroatoms. The van der Waals surface area contributed by atoms with Crippen LogP contribution in [0.25, 0.3) is 0 Å². The van der Waals surface area contributed by atoms with Crippen molar-refractivity contribution in [2.45, 2.75) is 19.3 Å². The van der Waals surface area contributed by atoms with Crippen LogP contribution in [0.3, 0.4) is 0 Å². The van der Waals surface area contributed by atoms with Crippen LogP contribution in [0.2, 0.25) is 0 Å². The lowest BCUT2D eigenvalue weighted by atomic mass is 10.2. The lowest BCUT2D eigenvalue weighted by molar-refractivity contribution is 0.130. The molecule has 18 heavy (non-hydrogen) atoms. The zero-order valence-corrected chi connectivity index (χ0v) is 11.1. The average molecular weight is 249 g/mol. The van der Waals surface area contributed by atoms with Crippen LogP contribution in [0.15, 0.2) is 18.3 Å². The maximum absolute atomic E-state index is 5.66.